The van der Waals surface area contributed by atoms with E-state index in [2.05, 4.69) is 16.8 Å². The Hall–Kier alpha value is -2.63. The fraction of sp³-hybridized carbons (Fsp3) is 0.286. The molecule has 0 aliphatic heterocycles. The van der Waals surface area contributed by atoms with E-state index >= 15 is 0 Å². The molecule has 0 radical (unpaired) electrons. The van der Waals surface area contributed by atoms with Crippen LogP contribution in [0.1, 0.15) is 28.1 Å². The maximum Gasteiger partial charge on any atom is 0.226 e. The number of ether oxygens (including phenoxy) is 1. The molecular formula is C21H23NO4. The number of oxazole rings is 1. The summed E-state index contributed by atoms with van der Waals surface area (Å²) < 4.78 is 11.6. The van der Waals surface area contributed by atoms with Crippen LogP contribution in [0.4, 0.5) is 0 Å². The lowest BCUT2D eigenvalue weighted by molar-refractivity contribution is -0.253. The van der Waals surface area contributed by atoms with Gasteiger partial charge in [0.25, 0.3) is 0 Å². The topological polar surface area (TPSA) is 64.7 Å². The van der Waals surface area contributed by atoms with E-state index in [4.69, 9.17) is 14.4 Å². The third kappa shape index (κ3) is 4.31. The fourth-order valence-corrected chi connectivity index (χ4v) is 2.73. The number of aryl methyl sites for hydroxylation is 3. The Morgan fingerprint density at radius 1 is 1.04 bits per heavy atom. The molecule has 136 valence electrons. The van der Waals surface area contributed by atoms with Crippen molar-refractivity contribution in [3.8, 4) is 17.2 Å². The highest BCUT2D eigenvalue weighted by Gasteiger charge is 2.11. The van der Waals surface area contributed by atoms with E-state index in [9.17, 15) is 0 Å². The van der Waals surface area contributed by atoms with Crippen LogP contribution in [0.3, 0.4) is 0 Å². The molecule has 3 aromatic rings. The summed E-state index contributed by atoms with van der Waals surface area (Å²) in [6, 6.07) is 13.8. The van der Waals surface area contributed by atoms with Crippen molar-refractivity contribution in [2.75, 3.05) is 6.61 Å². The average Bonchev–Trinajstić information content (AvgIpc) is 2.99. The summed E-state index contributed by atoms with van der Waals surface area (Å²) in [5.41, 5.74) is 5.02. The van der Waals surface area contributed by atoms with E-state index in [1.807, 2.05) is 56.3 Å². The van der Waals surface area contributed by atoms with Gasteiger partial charge in [0, 0.05) is 12.0 Å². The van der Waals surface area contributed by atoms with Crippen LogP contribution >= 0.6 is 0 Å². The van der Waals surface area contributed by atoms with Crippen LogP contribution in [0.5, 0.6) is 5.75 Å². The summed E-state index contributed by atoms with van der Waals surface area (Å²) in [6.07, 6.45) is 0.668. The fourth-order valence-electron chi connectivity index (χ4n) is 2.73. The standard InChI is InChI=1S/C21H23NO4/c1-14-4-6-17(7-5-14)21-22-20(16(3)26-21)10-11-24-19-9-8-18(13-25-23)15(2)12-19/h4-9,12,23H,10-11,13H2,1-3H3. The minimum absolute atomic E-state index is 0.173. The number of aromatic nitrogens is 1. The molecule has 0 amide bonds. The van der Waals surface area contributed by atoms with Crippen LogP contribution in [0.15, 0.2) is 46.9 Å². The first-order valence-corrected chi connectivity index (χ1v) is 8.59. The van der Waals surface area contributed by atoms with Crippen molar-refractivity contribution in [3.63, 3.8) is 0 Å². The van der Waals surface area contributed by atoms with Crippen LogP contribution in [-0.2, 0) is 17.9 Å². The van der Waals surface area contributed by atoms with Crippen LogP contribution in [0.2, 0.25) is 0 Å². The van der Waals surface area contributed by atoms with Gasteiger partial charge >= 0.3 is 0 Å². The molecule has 0 bridgehead atoms. The Kier molecular flexibility index (Phi) is 5.71. The summed E-state index contributed by atoms with van der Waals surface area (Å²) >= 11 is 0. The molecule has 26 heavy (non-hydrogen) atoms. The Labute approximate surface area is 153 Å². The van der Waals surface area contributed by atoms with Crippen molar-refractivity contribution in [3.05, 3.63) is 70.6 Å². The van der Waals surface area contributed by atoms with Gasteiger partial charge in [0.05, 0.1) is 12.3 Å². The summed E-state index contributed by atoms with van der Waals surface area (Å²) in [4.78, 5) is 8.79. The van der Waals surface area contributed by atoms with Gasteiger partial charge in [-0.25, -0.2) is 9.87 Å². The number of hydrogen-bond acceptors (Lipinski definition) is 5. The predicted molar refractivity (Wildman–Crippen MR) is 99.2 cm³/mol. The quantitative estimate of drug-likeness (QED) is 0.484. The highest BCUT2D eigenvalue weighted by molar-refractivity contribution is 5.54. The van der Waals surface area contributed by atoms with E-state index in [1.54, 1.807) is 0 Å². The zero-order valence-electron chi connectivity index (χ0n) is 15.3. The molecule has 5 nitrogen and oxygen atoms in total. The summed E-state index contributed by atoms with van der Waals surface area (Å²) in [6.45, 7) is 6.62. The van der Waals surface area contributed by atoms with Gasteiger partial charge in [-0.1, -0.05) is 23.8 Å². The molecular weight excluding hydrogens is 330 g/mol. The van der Waals surface area contributed by atoms with Crippen LogP contribution in [-0.4, -0.2) is 16.8 Å². The molecule has 0 unspecified atom stereocenters. The van der Waals surface area contributed by atoms with Crippen LogP contribution in [0.25, 0.3) is 11.5 Å². The molecule has 0 atom stereocenters. The van der Waals surface area contributed by atoms with Crippen molar-refractivity contribution < 1.29 is 19.3 Å². The van der Waals surface area contributed by atoms with Crippen LogP contribution < -0.4 is 4.74 Å². The second kappa shape index (κ2) is 8.17. The van der Waals surface area contributed by atoms with Crippen LogP contribution in [0, 0.1) is 20.8 Å². The molecule has 1 N–H and O–H groups in total. The Morgan fingerprint density at radius 2 is 1.81 bits per heavy atom. The van der Waals surface area contributed by atoms with Gasteiger partial charge < -0.3 is 9.15 Å². The van der Waals surface area contributed by atoms with Gasteiger partial charge in [-0.2, -0.15) is 0 Å². The van der Waals surface area contributed by atoms with Crippen molar-refractivity contribution >= 4 is 0 Å². The predicted octanol–water partition coefficient (Wildman–Crippen LogP) is 4.88. The first-order chi connectivity index (χ1) is 12.6. The average molecular weight is 353 g/mol. The molecule has 0 fully saturated rings. The molecule has 2 aromatic carbocycles. The molecule has 0 aliphatic carbocycles. The van der Waals surface area contributed by atoms with Gasteiger partial charge in [-0.05, 0) is 56.2 Å². The second-order valence-corrected chi connectivity index (χ2v) is 6.35. The van der Waals surface area contributed by atoms with Crippen molar-refractivity contribution in [2.24, 2.45) is 0 Å². The van der Waals surface area contributed by atoms with Gasteiger partial charge in [0.1, 0.15) is 18.1 Å². The smallest absolute Gasteiger partial charge is 0.226 e. The highest BCUT2D eigenvalue weighted by atomic mass is 17.1. The zero-order chi connectivity index (χ0) is 18.5. The van der Waals surface area contributed by atoms with E-state index in [1.165, 1.54) is 5.56 Å². The van der Waals surface area contributed by atoms with Gasteiger partial charge in [0.2, 0.25) is 5.89 Å². The SMILES string of the molecule is Cc1ccc(-c2nc(CCOc3ccc(COO)c(C)c3)c(C)o2)cc1. The minimum atomic E-state index is 0.173. The second-order valence-electron chi connectivity index (χ2n) is 6.35. The Balaban J connectivity index is 1.61. The lowest BCUT2D eigenvalue weighted by Gasteiger charge is -2.09. The van der Waals surface area contributed by atoms with E-state index in [0.717, 1.165) is 33.9 Å². The van der Waals surface area contributed by atoms with Crippen molar-refractivity contribution in [1.82, 2.24) is 4.98 Å². The number of benzene rings is 2. The summed E-state index contributed by atoms with van der Waals surface area (Å²) in [5, 5.41) is 8.56. The normalized spacial score (nSPS) is 10.9. The zero-order valence-corrected chi connectivity index (χ0v) is 15.3. The molecule has 1 aromatic heterocycles. The highest BCUT2D eigenvalue weighted by Crippen LogP contribution is 2.23. The number of hydrogen-bond donors (Lipinski definition) is 1. The molecule has 0 saturated heterocycles. The molecule has 3 rings (SSSR count). The van der Waals surface area contributed by atoms with E-state index in [-0.39, 0.29) is 6.61 Å². The molecule has 1 heterocycles. The molecule has 0 saturated carbocycles. The largest absolute Gasteiger partial charge is 0.493 e. The number of nitrogens with zero attached hydrogens (tertiary/aromatic N) is 1. The van der Waals surface area contributed by atoms with E-state index < -0.39 is 0 Å². The third-order valence-electron chi connectivity index (χ3n) is 4.33. The Morgan fingerprint density at radius 3 is 2.50 bits per heavy atom. The van der Waals surface area contributed by atoms with Crippen molar-refractivity contribution in [1.29, 1.82) is 0 Å². The first-order valence-electron chi connectivity index (χ1n) is 8.59. The maximum absolute atomic E-state index is 8.56. The van der Waals surface area contributed by atoms with E-state index in [0.29, 0.717) is 18.9 Å². The maximum atomic E-state index is 8.56. The minimum Gasteiger partial charge on any atom is -0.493 e. The Bertz CT molecular complexity index is 868. The molecule has 0 spiro atoms. The summed E-state index contributed by atoms with van der Waals surface area (Å²) in [7, 11) is 0. The summed E-state index contributed by atoms with van der Waals surface area (Å²) in [5.74, 6) is 2.24. The third-order valence-corrected chi connectivity index (χ3v) is 4.33. The van der Waals surface area contributed by atoms with Gasteiger partial charge in [-0.15, -0.1) is 0 Å². The lowest BCUT2D eigenvalue weighted by Crippen LogP contribution is -2.03. The van der Waals surface area contributed by atoms with Gasteiger partial charge in [-0.3, -0.25) is 5.26 Å². The monoisotopic (exact) mass is 353 g/mol. The van der Waals surface area contributed by atoms with Crippen molar-refractivity contribution in [2.45, 2.75) is 33.8 Å². The molecule has 0 aliphatic rings. The van der Waals surface area contributed by atoms with Gasteiger partial charge in [0.15, 0.2) is 0 Å². The molecule has 5 heteroatoms. The number of rotatable bonds is 7. The lowest BCUT2D eigenvalue weighted by atomic mass is 10.1. The first kappa shape index (κ1) is 18.2.